The average Bonchev–Trinajstić information content (AvgIpc) is 2.60. The van der Waals surface area contributed by atoms with Crippen molar-refractivity contribution in [1.82, 2.24) is 5.32 Å². The van der Waals surface area contributed by atoms with Gasteiger partial charge in [0.05, 0.1) is 20.3 Å². The maximum atomic E-state index is 10.6. The summed E-state index contributed by atoms with van der Waals surface area (Å²) in [5, 5.41) is 24.2. The van der Waals surface area contributed by atoms with Crippen molar-refractivity contribution in [2.24, 2.45) is 0 Å². The lowest BCUT2D eigenvalue weighted by Crippen LogP contribution is -2.32. The fourth-order valence-electron chi connectivity index (χ4n) is 2.42. The van der Waals surface area contributed by atoms with Gasteiger partial charge >= 0.3 is 0 Å². The molecule has 24 heavy (non-hydrogen) atoms. The van der Waals surface area contributed by atoms with Gasteiger partial charge in [-0.2, -0.15) is 0 Å². The number of hydrogen-bond acceptors (Lipinski definition) is 5. The van der Waals surface area contributed by atoms with E-state index in [-0.39, 0.29) is 11.8 Å². The smallest absolute Gasteiger partial charge is 0.124 e. The number of rotatable bonds is 7. The van der Waals surface area contributed by atoms with Crippen LogP contribution in [-0.2, 0) is 6.54 Å². The minimum absolute atomic E-state index is 0.160. The quantitative estimate of drug-likeness (QED) is 0.714. The molecule has 0 fully saturated rings. The summed E-state index contributed by atoms with van der Waals surface area (Å²) in [5.41, 5.74) is 1.30. The summed E-state index contributed by atoms with van der Waals surface area (Å²) in [6, 6.07) is 9.85. The molecule has 0 saturated carbocycles. The number of methoxy groups -OCH3 is 2. The lowest BCUT2D eigenvalue weighted by atomic mass is 10.0. The van der Waals surface area contributed by atoms with Crippen molar-refractivity contribution < 1.29 is 19.7 Å². The van der Waals surface area contributed by atoms with Crippen LogP contribution < -0.4 is 14.8 Å². The summed E-state index contributed by atoms with van der Waals surface area (Å²) in [6.45, 7) is 2.22. The average molecular weight is 352 g/mol. The molecule has 5 nitrogen and oxygen atoms in total. The normalized spacial score (nSPS) is 13.4. The van der Waals surface area contributed by atoms with Crippen molar-refractivity contribution in [2.45, 2.75) is 25.6 Å². The number of nitrogens with one attached hydrogen (secondary N) is 1. The SMILES string of the molecule is COc1ccc(OC)c(C(O)C(C)NCc2cc(Cl)ccc2O)c1. The predicted octanol–water partition coefficient (Wildman–Crippen LogP) is 3.27. The van der Waals surface area contributed by atoms with Crippen LogP contribution in [-0.4, -0.2) is 30.5 Å². The molecule has 0 aromatic heterocycles. The number of hydrogen-bond donors (Lipinski definition) is 3. The van der Waals surface area contributed by atoms with E-state index in [2.05, 4.69) is 5.32 Å². The Morgan fingerprint density at radius 2 is 1.88 bits per heavy atom. The van der Waals surface area contributed by atoms with Crippen LogP contribution >= 0.6 is 11.6 Å². The fraction of sp³-hybridized carbons (Fsp3) is 0.333. The van der Waals surface area contributed by atoms with E-state index in [1.54, 1.807) is 50.6 Å². The third-order valence-corrected chi connectivity index (χ3v) is 4.12. The van der Waals surface area contributed by atoms with Crippen LogP contribution in [0.5, 0.6) is 17.2 Å². The van der Waals surface area contributed by atoms with Crippen LogP contribution in [0.2, 0.25) is 5.02 Å². The summed E-state index contributed by atoms with van der Waals surface area (Å²) in [4.78, 5) is 0. The van der Waals surface area contributed by atoms with Crippen molar-refractivity contribution in [2.75, 3.05) is 14.2 Å². The fourth-order valence-corrected chi connectivity index (χ4v) is 2.61. The highest BCUT2D eigenvalue weighted by molar-refractivity contribution is 6.30. The van der Waals surface area contributed by atoms with E-state index in [9.17, 15) is 10.2 Å². The van der Waals surface area contributed by atoms with Crippen LogP contribution in [0.4, 0.5) is 0 Å². The Morgan fingerprint density at radius 3 is 2.54 bits per heavy atom. The molecular formula is C18H22ClNO4. The Morgan fingerprint density at radius 1 is 1.12 bits per heavy atom. The standard InChI is InChI=1S/C18H22ClNO4/c1-11(20-10-12-8-13(19)4-6-16(12)21)18(22)15-9-14(23-2)5-7-17(15)24-3/h4-9,11,18,20-22H,10H2,1-3H3. The molecule has 2 aromatic rings. The molecule has 0 saturated heterocycles. The molecule has 0 amide bonds. The van der Waals surface area contributed by atoms with Crippen LogP contribution in [0.25, 0.3) is 0 Å². The van der Waals surface area contributed by atoms with E-state index in [4.69, 9.17) is 21.1 Å². The van der Waals surface area contributed by atoms with Crippen molar-refractivity contribution in [3.8, 4) is 17.2 Å². The Labute approximate surface area is 146 Å². The maximum Gasteiger partial charge on any atom is 0.124 e. The molecule has 0 aliphatic carbocycles. The number of aromatic hydroxyl groups is 1. The molecule has 2 unspecified atom stereocenters. The van der Waals surface area contributed by atoms with Gasteiger partial charge in [-0.05, 0) is 43.3 Å². The molecule has 0 aliphatic heterocycles. The largest absolute Gasteiger partial charge is 0.508 e. The van der Waals surface area contributed by atoms with Gasteiger partial charge in [0.25, 0.3) is 0 Å². The third-order valence-electron chi connectivity index (χ3n) is 3.89. The summed E-state index contributed by atoms with van der Waals surface area (Å²) in [7, 11) is 3.13. The zero-order valence-corrected chi connectivity index (χ0v) is 14.7. The van der Waals surface area contributed by atoms with Crippen molar-refractivity contribution in [1.29, 1.82) is 0 Å². The van der Waals surface area contributed by atoms with Gasteiger partial charge in [0.15, 0.2) is 0 Å². The highest BCUT2D eigenvalue weighted by Crippen LogP contribution is 2.31. The highest BCUT2D eigenvalue weighted by atomic mass is 35.5. The van der Waals surface area contributed by atoms with Gasteiger partial charge in [-0.1, -0.05) is 11.6 Å². The number of halogens is 1. The predicted molar refractivity (Wildman–Crippen MR) is 93.9 cm³/mol. The first-order valence-electron chi connectivity index (χ1n) is 7.57. The number of benzene rings is 2. The Balaban J connectivity index is 2.12. The molecular weight excluding hydrogens is 330 g/mol. The number of phenolic OH excluding ortho intramolecular Hbond substituents is 1. The van der Waals surface area contributed by atoms with Gasteiger partial charge in [0, 0.05) is 28.7 Å². The topological polar surface area (TPSA) is 71.0 Å². The molecule has 0 radical (unpaired) electrons. The molecule has 6 heteroatoms. The first kappa shape index (κ1) is 18.4. The van der Waals surface area contributed by atoms with Crippen molar-refractivity contribution in [3.05, 3.63) is 52.5 Å². The number of ether oxygens (including phenoxy) is 2. The molecule has 2 aromatic carbocycles. The Kier molecular flexibility index (Phi) is 6.31. The van der Waals surface area contributed by atoms with E-state index in [0.29, 0.717) is 34.2 Å². The first-order chi connectivity index (χ1) is 11.5. The molecule has 2 atom stereocenters. The minimum Gasteiger partial charge on any atom is -0.508 e. The Hall–Kier alpha value is -1.95. The van der Waals surface area contributed by atoms with Crippen LogP contribution in [0.1, 0.15) is 24.2 Å². The zero-order valence-electron chi connectivity index (χ0n) is 13.9. The summed E-state index contributed by atoms with van der Waals surface area (Å²) in [6.07, 6.45) is -0.809. The molecule has 0 heterocycles. The monoisotopic (exact) mass is 351 g/mol. The summed E-state index contributed by atoms with van der Waals surface area (Å²) < 4.78 is 10.5. The van der Waals surface area contributed by atoms with Gasteiger partial charge in [-0.3, -0.25) is 0 Å². The van der Waals surface area contributed by atoms with Gasteiger partial charge in [0.1, 0.15) is 17.2 Å². The van der Waals surface area contributed by atoms with Gasteiger partial charge in [-0.15, -0.1) is 0 Å². The van der Waals surface area contributed by atoms with E-state index < -0.39 is 6.10 Å². The lowest BCUT2D eigenvalue weighted by molar-refractivity contribution is 0.131. The van der Waals surface area contributed by atoms with Crippen LogP contribution in [0.3, 0.4) is 0 Å². The number of phenols is 1. The molecule has 2 rings (SSSR count). The molecule has 130 valence electrons. The highest BCUT2D eigenvalue weighted by Gasteiger charge is 2.21. The first-order valence-corrected chi connectivity index (χ1v) is 7.94. The second-order valence-electron chi connectivity index (χ2n) is 5.50. The van der Waals surface area contributed by atoms with E-state index >= 15 is 0 Å². The zero-order chi connectivity index (χ0) is 17.7. The third kappa shape index (κ3) is 4.32. The molecule has 0 spiro atoms. The maximum absolute atomic E-state index is 10.6. The molecule has 3 N–H and O–H groups in total. The van der Waals surface area contributed by atoms with Gasteiger partial charge in [-0.25, -0.2) is 0 Å². The number of aliphatic hydroxyl groups excluding tert-OH is 1. The lowest BCUT2D eigenvalue weighted by Gasteiger charge is -2.23. The van der Waals surface area contributed by atoms with E-state index in [1.165, 1.54) is 0 Å². The second-order valence-corrected chi connectivity index (χ2v) is 5.93. The Bertz CT molecular complexity index is 693. The number of aliphatic hydroxyl groups is 1. The van der Waals surface area contributed by atoms with Crippen molar-refractivity contribution >= 4 is 11.6 Å². The van der Waals surface area contributed by atoms with Gasteiger partial charge < -0.3 is 25.0 Å². The minimum atomic E-state index is -0.809. The van der Waals surface area contributed by atoms with Crippen molar-refractivity contribution in [3.63, 3.8) is 0 Å². The van der Waals surface area contributed by atoms with E-state index in [0.717, 1.165) is 0 Å². The van der Waals surface area contributed by atoms with Gasteiger partial charge in [0.2, 0.25) is 0 Å². The summed E-state index contributed by atoms with van der Waals surface area (Å²) >= 11 is 5.94. The molecule has 0 bridgehead atoms. The summed E-state index contributed by atoms with van der Waals surface area (Å²) in [5.74, 6) is 1.39. The van der Waals surface area contributed by atoms with E-state index in [1.807, 2.05) is 6.92 Å². The second kappa shape index (κ2) is 8.24. The molecule has 0 aliphatic rings. The van der Waals surface area contributed by atoms with Crippen LogP contribution in [0.15, 0.2) is 36.4 Å². The van der Waals surface area contributed by atoms with Crippen LogP contribution in [0, 0.1) is 0 Å².